The lowest BCUT2D eigenvalue weighted by Gasteiger charge is -2.62. The van der Waals surface area contributed by atoms with E-state index in [4.69, 9.17) is 14.2 Å². The number of aromatic carboxylic acids is 1. The van der Waals surface area contributed by atoms with E-state index < -0.39 is 93.3 Å². The molecule has 1 saturated heterocycles. The van der Waals surface area contributed by atoms with Crippen molar-refractivity contribution in [2.75, 3.05) is 38.3 Å². The van der Waals surface area contributed by atoms with Crippen molar-refractivity contribution in [3.05, 3.63) is 93.1 Å². The van der Waals surface area contributed by atoms with E-state index >= 15 is 8.78 Å². The minimum Gasteiger partial charge on any atom is -0.492 e. The summed E-state index contributed by atoms with van der Waals surface area (Å²) in [6.07, 6.45) is 5.95. The highest BCUT2D eigenvalue weighted by Crippen LogP contribution is 2.69. The summed E-state index contributed by atoms with van der Waals surface area (Å²) >= 11 is 0. The summed E-state index contributed by atoms with van der Waals surface area (Å²) in [6, 6.07) is 6.57. The number of amides is 1. The molecule has 8 atom stereocenters. The number of alkyl halides is 1. The predicted octanol–water partition coefficient (Wildman–Crippen LogP) is 5.86. The van der Waals surface area contributed by atoms with Gasteiger partial charge >= 0.3 is 18.0 Å². The number of carboxylic acid groups (broad SMARTS) is 1. The molecule has 3 N–H and O–H groups in total. The largest absolute Gasteiger partial charge is 0.492 e. The van der Waals surface area contributed by atoms with Crippen molar-refractivity contribution in [3.8, 4) is 5.75 Å². The number of aliphatic hydroxyl groups excluding tert-OH is 1. The number of Topliss-reactive ketones (excluding diaryl/α,β-unsaturated/α-hetero) is 1. The van der Waals surface area contributed by atoms with Crippen molar-refractivity contribution in [1.29, 1.82) is 0 Å². The maximum absolute atomic E-state index is 17.4. The third-order valence-electron chi connectivity index (χ3n) is 15.9. The Bertz CT molecular complexity index is 2700. The van der Waals surface area contributed by atoms with Crippen molar-refractivity contribution < 1.29 is 62.3 Å². The molecular formula is C49H53F2N3O12. The molecule has 17 heteroatoms. The highest BCUT2D eigenvalue weighted by Gasteiger charge is 2.74. The van der Waals surface area contributed by atoms with Gasteiger partial charge in [-0.05, 0) is 101 Å². The summed E-state index contributed by atoms with van der Waals surface area (Å²) in [6.45, 7) is 4.83. The molecule has 350 valence electrons. The van der Waals surface area contributed by atoms with Gasteiger partial charge in [-0.1, -0.05) is 30.7 Å². The summed E-state index contributed by atoms with van der Waals surface area (Å²) in [5.74, 6) is -4.99. The Morgan fingerprint density at radius 3 is 2.38 bits per heavy atom. The Morgan fingerprint density at radius 2 is 1.71 bits per heavy atom. The van der Waals surface area contributed by atoms with Crippen molar-refractivity contribution in [2.45, 2.75) is 102 Å². The van der Waals surface area contributed by atoms with Crippen LogP contribution in [0.25, 0.3) is 10.9 Å². The highest BCUT2D eigenvalue weighted by atomic mass is 19.1. The van der Waals surface area contributed by atoms with Gasteiger partial charge in [0.15, 0.2) is 29.6 Å². The second kappa shape index (κ2) is 16.1. The molecule has 2 aromatic carbocycles. The maximum atomic E-state index is 17.4. The maximum Gasteiger partial charge on any atom is 0.410 e. The molecule has 2 heterocycles. The number of nitrogens with zero attached hydrogens (tertiary/aromatic N) is 3. The molecule has 2 unspecified atom stereocenters. The summed E-state index contributed by atoms with van der Waals surface area (Å²) < 4.78 is 51.8. The summed E-state index contributed by atoms with van der Waals surface area (Å²) in [7, 11) is 1.36. The molecule has 6 aliphatic rings. The summed E-state index contributed by atoms with van der Waals surface area (Å²) in [5, 5.41) is 33.1. The number of piperazine rings is 1. The number of rotatable bonds is 10. The van der Waals surface area contributed by atoms with Gasteiger partial charge in [0, 0.05) is 54.7 Å². The monoisotopic (exact) mass is 913 g/mol. The van der Waals surface area contributed by atoms with Crippen LogP contribution in [0.2, 0.25) is 0 Å². The Hall–Kier alpha value is -5.94. The number of ether oxygens (including phenoxy) is 3. The topological polar surface area (TPSA) is 202 Å². The molecule has 1 aromatic heterocycles. The molecule has 0 bridgehead atoms. The number of halogens is 2. The van der Waals surface area contributed by atoms with Gasteiger partial charge < -0.3 is 43.9 Å². The van der Waals surface area contributed by atoms with Gasteiger partial charge in [-0.2, -0.15) is 0 Å². The first kappa shape index (κ1) is 45.2. The van der Waals surface area contributed by atoms with Crippen molar-refractivity contribution in [1.82, 2.24) is 9.47 Å². The van der Waals surface area contributed by atoms with E-state index in [-0.39, 0.29) is 73.3 Å². The van der Waals surface area contributed by atoms with E-state index in [1.165, 1.54) is 42.5 Å². The lowest BCUT2D eigenvalue weighted by atomic mass is 9.44. The second-order valence-electron chi connectivity index (χ2n) is 19.4. The fourth-order valence-electron chi connectivity index (χ4n) is 12.1. The molecule has 5 fully saturated rings. The number of hydrogen-bond donors (Lipinski definition) is 3. The number of pyridine rings is 1. The van der Waals surface area contributed by atoms with Crippen LogP contribution in [-0.4, -0.2) is 111 Å². The molecule has 1 aliphatic heterocycles. The van der Waals surface area contributed by atoms with Crippen LogP contribution in [0, 0.1) is 28.5 Å². The number of anilines is 1. The van der Waals surface area contributed by atoms with Gasteiger partial charge in [-0.3, -0.25) is 14.4 Å². The molecule has 66 heavy (non-hydrogen) atoms. The van der Waals surface area contributed by atoms with Crippen LogP contribution < -0.4 is 15.1 Å². The Kier molecular flexibility index (Phi) is 11.1. The zero-order valence-corrected chi connectivity index (χ0v) is 37.2. The minimum absolute atomic E-state index is 0.0139. The standard InChI is InChI=1S/C49H53F2N3O12/c1-26-22-52(40-36(50)20-32-39(42(40)64-4)54(30-10-11-30)23-33(41(32)58)43(59)60)17-18-53(26)45(62)66-24-27-5-7-28(8-6-27)44(61)65-25-38(57)48(63)16-14-34-35-12-9-29-19-31(55)13-15-46(29,2)49(35,51)37(56)21-47(34,48)3/h5-8,13,15,19-20,23,26,30,34-35,37,56,63H,9-12,14,16-18,21-22,24-25H2,1-4H3,(H,59,60)/t26?,34-,35?,37-,46-,47-,48-,49-/m0/s1. The average molecular weight is 914 g/mol. The average Bonchev–Trinajstić information content (AvgIpc) is 4.10. The highest BCUT2D eigenvalue weighted by molar-refractivity contribution is 6.01. The van der Waals surface area contributed by atoms with Crippen molar-refractivity contribution in [2.24, 2.45) is 22.7 Å². The Balaban J connectivity index is 0.801. The SMILES string of the molecule is COc1c(N2CCN(C(=O)OCc3ccc(C(=O)OCC(=O)[C@@]4(O)CC[C@H]5C6CCC7=CC(=O)C=C[C@]7(C)[C@@]6(F)[C@@H](O)C[C@@]54C)cc3)C(C)C2)c(F)cc2c(=O)c(C(=O)O)cn(C3CC3)c12. The van der Waals surface area contributed by atoms with Gasteiger partial charge in [0.05, 0.1) is 29.7 Å². The molecule has 1 amide bonds. The van der Waals surface area contributed by atoms with Gasteiger partial charge in [0.25, 0.3) is 0 Å². The number of hydrogen-bond acceptors (Lipinski definition) is 12. The van der Waals surface area contributed by atoms with Crippen LogP contribution >= 0.6 is 0 Å². The van der Waals surface area contributed by atoms with Crippen LogP contribution in [0.4, 0.5) is 19.3 Å². The van der Waals surface area contributed by atoms with Crippen LogP contribution in [-0.2, 0) is 25.7 Å². The number of benzene rings is 2. The molecule has 4 saturated carbocycles. The normalized spacial score (nSPS) is 31.4. The van der Waals surface area contributed by atoms with Crippen LogP contribution in [0.15, 0.2) is 65.1 Å². The van der Waals surface area contributed by atoms with E-state index in [1.54, 1.807) is 48.4 Å². The molecule has 9 rings (SSSR count). The molecule has 15 nitrogen and oxygen atoms in total. The molecular weight excluding hydrogens is 861 g/mol. The number of allylic oxidation sites excluding steroid dienone is 4. The zero-order valence-electron chi connectivity index (χ0n) is 37.2. The van der Waals surface area contributed by atoms with Crippen LogP contribution in [0.1, 0.15) is 98.0 Å². The quantitative estimate of drug-likeness (QED) is 0.205. The van der Waals surface area contributed by atoms with Gasteiger partial charge in [-0.15, -0.1) is 0 Å². The van der Waals surface area contributed by atoms with Crippen molar-refractivity contribution >= 4 is 46.2 Å². The van der Waals surface area contributed by atoms with E-state index in [0.717, 1.165) is 18.9 Å². The van der Waals surface area contributed by atoms with Gasteiger partial charge in [-0.25, -0.2) is 23.2 Å². The number of ketones is 2. The molecule has 3 aromatic rings. The zero-order chi connectivity index (χ0) is 47.2. The number of carbonyl (C=O) groups is 5. The van der Waals surface area contributed by atoms with E-state index in [2.05, 4.69) is 0 Å². The molecule has 0 radical (unpaired) electrons. The number of aromatic nitrogens is 1. The number of aliphatic hydroxyl groups is 2. The number of methoxy groups -OCH3 is 1. The van der Waals surface area contributed by atoms with E-state index in [1.807, 2.05) is 0 Å². The third-order valence-corrected chi connectivity index (χ3v) is 15.9. The van der Waals surface area contributed by atoms with Crippen molar-refractivity contribution in [3.63, 3.8) is 0 Å². The summed E-state index contributed by atoms with van der Waals surface area (Å²) in [5.41, 5.74) is -6.07. The van der Waals surface area contributed by atoms with E-state index in [9.17, 15) is 44.1 Å². The lowest BCUT2D eigenvalue weighted by Crippen LogP contribution is -2.69. The van der Waals surface area contributed by atoms with Gasteiger partial charge in [0.1, 0.15) is 23.5 Å². The van der Waals surface area contributed by atoms with Crippen LogP contribution in [0.3, 0.4) is 0 Å². The fourth-order valence-corrected chi connectivity index (χ4v) is 12.1. The Labute approximate surface area is 378 Å². The third kappa shape index (κ3) is 6.86. The lowest BCUT2D eigenvalue weighted by molar-refractivity contribution is -0.217. The van der Waals surface area contributed by atoms with Gasteiger partial charge in [0.2, 0.25) is 11.2 Å². The first-order valence-electron chi connectivity index (χ1n) is 22.5. The predicted molar refractivity (Wildman–Crippen MR) is 234 cm³/mol. The smallest absolute Gasteiger partial charge is 0.410 e. The summed E-state index contributed by atoms with van der Waals surface area (Å²) in [4.78, 5) is 80.6. The fraction of sp³-hybridized carbons (Fsp3) is 0.510. The number of carboxylic acids is 1. The first-order valence-corrected chi connectivity index (χ1v) is 22.5. The van der Waals surface area contributed by atoms with E-state index in [0.29, 0.717) is 35.9 Å². The molecule has 5 aliphatic carbocycles. The second-order valence-corrected chi connectivity index (χ2v) is 19.4. The first-order chi connectivity index (χ1) is 31.3. The number of carbonyl (C=O) groups excluding carboxylic acids is 4. The number of fused-ring (bicyclic) bond motifs is 6. The Morgan fingerprint density at radius 1 is 0.985 bits per heavy atom. The number of esters is 1. The van der Waals surface area contributed by atoms with Crippen LogP contribution in [0.5, 0.6) is 5.75 Å². The molecule has 0 spiro atoms. The minimum atomic E-state index is -2.11.